The van der Waals surface area contributed by atoms with E-state index in [1.54, 1.807) is 37.0 Å². The van der Waals surface area contributed by atoms with Gasteiger partial charge in [0.1, 0.15) is 5.69 Å². The van der Waals surface area contributed by atoms with E-state index in [4.69, 9.17) is 9.15 Å². The number of carbonyl (C=O) groups is 1. The van der Waals surface area contributed by atoms with E-state index in [0.29, 0.717) is 35.4 Å². The molecule has 4 rings (SSSR count). The van der Waals surface area contributed by atoms with Crippen molar-refractivity contribution in [3.8, 4) is 28.5 Å². The summed E-state index contributed by atoms with van der Waals surface area (Å²) in [5, 5.41) is 9.66. The van der Waals surface area contributed by atoms with Gasteiger partial charge in [-0.2, -0.15) is 4.98 Å². The van der Waals surface area contributed by atoms with Gasteiger partial charge in [-0.25, -0.2) is 19.3 Å². The maximum atomic E-state index is 11.8. The molecule has 0 aliphatic rings. The number of nitrogens with zero attached hydrogens (tertiary/aromatic N) is 5. The van der Waals surface area contributed by atoms with Crippen LogP contribution in [0.15, 0.2) is 41.1 Å². The van der Waals surface area contributed by atoms with Crippen molar-refractivity contribution < 1.29 is 13.9 Å². The molecule has 4 heterocycles. The smallest absolute Gasteiger partial charge is 0.321 e. The SMILES string of the molecule is CCNC(=O)Nc1nc2cc(-c3ccc(OC)nc3)cc(-c3cnc(C)o3)n2n1. The number of carbonyl (C=O) groups excluding carboxylic acids is 1. The summed E-state index contributed by atoms with van der Waals surface area (Å²) in [5.41, 5.74) is 2.90. The zero-order chi connectivity index (χ0) is 20.4. The van der Waals surface area contributed by atoms with Crippen molar-refractivity contribution in [1.82, 2.24) is 29.9 Å². The molecule has 4 aromatic heterocycles. The predicted octanol–water partition coefficient (Wildman–Crippen LogP) is 2.90. The molecular weight excluding hydrogens is 374 g/mol. The van der Waals surface area contributed by atoms with Gasteiger partial charge in [0.2, 0.25) is 5.88 Å². The fourth-order valence-electron chi connectivity index (χ4n) is 2.84. The summed E-state index contributed by atoms with van der Waals surface area (Å²) >= 11 is 0. The highest BCUT2D eigenvalue weighted by atomic mass is 16.5. The number of ether oxygens (including phenoxy) is 1. The van der Waals surface area contributed by atoms with Crippen LogP contribution in [-0.2, 0) is 0 Å². The first-order chi connectivity index (χ1) is 14.1. The lowest BCUT2D eigenvalue weighted by Gasteiger charge is -2.07. The van der Waals surface area contributed by atoms with Gasteiger partial charge in [0.05, 0.1) is 13.3 Å². The minimum Gasteiger partial charge on any atom is -0.481 e. The van der Waals surface area contributed by atoms with Crippen LogP contribution in [0.5, 0.6) is 5.88 Å². The van der Waals surface area contributed by atoms with Crippen LogP contribution in [0.2, 0.25) is 0 Å². The molecule has 0 aliphatic heterocycles. The largest absolute Gasteiger partial charge is 0.481 e. The number of oxazole rings is 1. The highest BCUT2D eigenvalue weighted by molar-refractivity contribution is 5.87. The van der Waals surface area contributed by atoms with Gasteiger partial charge < -0.3 is 14.5 Å². The zero-order valence-electron chi connectivity index (χ0n) is 16.1. The Morgan fingerprint density at radius 1 is 1.21 bits per heavy atom. The molecule has 0 unspecified atom stereocenters. The van der Waals surface area contributed by atoms with Crippen molar-refractivity contribution in [2.75, 3.05) is 19.0 Å². The summed E-state index contributed by atoms with van der Waals surface area (Å²) in [6.45, 7) is 4.09. The van der Waals surface area contributed by atoms with Crippen LogP contribution in [0.1, 0.15) is 12.8 Å². The second-order valence-electron chi connectivity index (χ2n) is 6.15. The number of aryl methyl sites for hydroxylation is 1. The van der Waals surface area contributed by atoms with E-state index in [1.165, 1.54) is 0 Å². The molecule has 0 atom stereocenters. The summed E-state index contributed by atoms with van der Waals surface area (Å²) in [7, 11) is 1.57. The Kier molecular flexibility index (Phi) is 4.82. The minimum atomic E-state index is -0.375. The zero-order valence-corrected chi connectivity index (χ0v) is 16.1. The van der Waals surface area contributed by atoms with E-state index in [2.05, 4.69) is 30.7 Å². The molecular formula is C19H19N7O3. The molecule has 0 aliphatic carbocycles. The number of hydrogen-bond donors (Lipinski definition) is 2. The van der Waals surface area contributed by atoms with Crippen LogP contribution >= 0.6 is 0 Å². The van der Waals surface area contributed by atoms with E-state index < -0.39 is 0 Å². The van der Waals surface area contributed by atoms with Crippen molar-refractivity contribution in [2.24, 2.45) is 0 Å². The Balaban J connectivity index is 1.83. The van der Waals surface area contributed by atoms with Gasteiger partial charge in [-0.15, -0.1) is 5.10 Å². The first kappa shape index (κ1) is 18.4. The molecule has 2 amide bonds. The molecule has 29 heavy (non-hydrogen) atoms. The van der Waals surface area contributed by atoms with Gasteiger partial charge in [-0.05, 0) is 30.7 Å². The maximum absolute atomic E-state index is 11.8. The Morgan fingerprint density at radius 2 is 2.07 bits per heavy atom. The average molecular weight is 393 g/mol. The second kappa shape index (κ2) is 7.58. The van der Waals surface area contributed by atoms with Gasteiger partial charge in [0.25, 0.3) is 5.95 Å². The molecule has 0 bridgehead atoms. The summed E-state index contributed by atoms with van der Waals surface area (Å²) < 4.78 is 12.4. The highest BCUT2D eigenvalue weighted by Gasteiger charge is 2.16. The number of amides is 2. The number of methoxy groups -OCH3 is 1. The van der Waals surface area contributed by atoms with Gasteiger partial charge in [0, 0.05) is 31.3 Å². The third kappa shape index (κ3) is 3.72. The van der Waals surface area contributed by atoms with Crippen LogP contribution in [-0.4, -0.2) is 44.3 Å². The number of urea groups is 1. The van der Waals surface area contributed by atoms with Crippen LogP contribution in [0, 0.1) is 6.92 Å². The summed E-state index contributed by atoms with van der Waals surface area (Å²) in [5.74, 6) is 1.77. The van der Waals surface area contributed by atoms with Crippen molar-refractivity contribution in [3.05, 3.63) is 42.5 Å². The molecule has 0 fully saturated rings. The maximum Gasteiger partial charge on any atom is 0.321 e. The van der Waals surface area contributed by atoms with Gasteiger partial charge >= 0.3 is 6.03 Å². The lowest BCUT2D eigenvalue weighted by Crippen LogP contribution is -2.28. The number of pyridine rings is 2. The fourth-order valence-corrected chi connectivity index (χ4v) is 2.84. The molecule has 0 radical (unpaired) electrons. The third-order valence-corrected chi connectivity index (χ3v) is 4.15. The number of rotatable bonds is 5. The van der Waals surface area contributed by atoms with Crippen molar-refractivity contribution >= 4 is 17.6 Å². The average Bonchev–Trinajstić information content (AvgIpc) is 3.33. The number of nitrogens with one attached hydrogen (secondary N) is 2. The Bertz CT molecular complexity index is 1160. The molecule has 10 nitrogen and oxygen atoms in total. The van der Waals surface area contributed by atoms with E-state index >= 15 is 0 Å². The van der Waals surface area contributed by atoms with E-state index in [1.807, 2.05) is 25.1 Å². The minimum absolute atomic E-state index is 0.179. The first-order valence-electron chi connectivity index (χ1n) is 8.96. The Morgan fingerprint density at radius 3 is 2.72 bits per heavy atom. The number of fused-ring (bicyclic) bond motifs is 1. The van der Waals surface area contributed by atoms with Crippen molar-refractivity contribution in [1.29, 1.82) is 0 Å². The fraction of sp³-hybridized carbons (Fsp3) is 0.211. The van der Waals surface area contributed by atoms with Crippen LogP contribution < -0.4 is 15.4 Å². The number of anilines is 1. The van der Waals surface area contributed by atoms with Crippen molar-refractivity contribution in [2.45, 2.75) is 13.8 Å². The van der Waals surface area contributed by atoms with Crippen LogP contribution in [0.3, 0.4) is 0 Å². The lowest BCUT2D eigenvalue weighted by molar-refractivity contribution is 0.252. The summed E-state index contributed by atoms with van der Waals surface area (Å²) in [6, 6.07) is 7.06. The predicted molar refractivity (Wildman–Crippen MR) is 106 cm³/mol. The second-order valence-corrected chi connectivity index (χ2v) is 6.15. The number of aromatic nitrogens is 5. The Hall–Kier alpha value is -3.95. The quantitative estimate of drug-likeness (QED) is 0.535. The third-order valence-electron chi connectivity index (χ3n) is 4.15. The first-order valence-corrected chi connectivity index (χ1v) is 8.96. The van der Waals surface area contributed by atoms with Crippen LogP contribution in [0.25, 0.3) is 28.2 Å². The Labute approximate surface area is 166 Å². The molecule has 148 valence electrons. The lowest BCUT2D eigenvalue weighted by atomic mass is 10.1. The normalized spacial score (nSPS) is 10.9. The molecule has 0 saturated carbocycles. The number of hydrogen-bond acceptors (Lipinski definition) is 7. The van der Waals surface area contributed by atoms with Gasteiger partial charge in [0.15, 0.2) is 17.3 Å². The molecule has 2 N–H and O–H groups in total. The monoisotopic (exact) mass is 393 g/mol. The topological polar surface area (TPSA) is 119 Å². The van der Waals surface area contributed by atoms with E-state index in [0.717, 1.165) is 11.1 Å². The van der Waals surface area contributed by atoms with Gasteiger partial charge in [-0.3, -0.25) is 5.32 Å². The standard InChI is InChI=1S/C19H19N7O3/c1-4-20-19(27)24-18-23-16-8-13(12-5-6-17(28-3)22-9-12)7-14(26(16)25-18)15-10-21-11(2)29-15/h5-10H,4H2,1-3H3,(H2,20,24,25,27). The van der Waals surface area contributed by atoms with Crippen molar-refractivity contribution in [3.63, 3.8) is 0 Å². The van der Waals surface area contributed by atoms with E-state index in [-0.39, 0.29) is 12.0 Å². The summed E-state index contributed by atoms with van der Waals surface area (Å²) in [4.78, 5) is 24.7. The van der Waals surface area contributed by atoms with Gasteiger partial charge in [-0.1, -0.05) is 0 Å². The molecule has 0 aromatic carbocycles. The van der Waals surface area contributed by atoms with E-state index in [9.17, 15) is 4.79 Å². The molecule has 4 aromatic rings. The van der Waals surface area contributed by atoms with Crippen LogP contribution in [0.4, 0.5) is 10.7 Å². The highest BCUT2D eigenvalue weighted by Crippen LogP contribution is 2.29. The molecule has 0 saturated heterocycles. The molecule has 10 heteroatoms. The molecule has 0 spiro atoms. The summed E-state index contributed by atoms with van der Waals surface area (Å²) in [6.07, 6.45) is 3.34.